The molecule has 26 heavy (non-hydrogen) atoms. The fourth-order valence-electron chi connectivity index (χ4n) is 2.88. The van der Waals surface area contributed by atoms with Crippen molar-refractivity contribution in [1.29, 1.82) is 0 Å². The summed E-state index contributed by atoms with van der Waals surface area (Å²) in [7, 11) is 4.82. The molecule has 0 aliphatic carbocycles. The number of ether oxygens (including phenoxy) is 4. The van der Waals surface area contributed by atoms with Gasteiger partial charge in [0.2, 0.25) is 5.75 Å². The van der Waals surface area contributed by atoms with Gasteiger partial charge < -0.3 is 18.9 Å². The minimum atomic E-state index is -0.286. The van der Waals surface area contributed by atoms with Crippen molar-refractivity contribution in [1.82, 2.24) is 0 Å². The van der Waals surface area contributed by atoms with Gasteiger partial charge in [0.15, 0.2) is 11.5 Å². The summed E-state index contributed by atoms with van der Waals surface area (Å²) in [4.78, 5) is 0. The van der Waals surface area contributed by atoms with E-state index < -0.39 is 0 Å². The molecular formula is C22H24O4. The van der Waals surface area contributed by atoms with Gasteiger partial charge in [-0.3, -0.25) is 0 Å². The van der Waals surface area contributed by atoms with E-state index in [1.54, 1.807) is 21.3 Å². The van der Waals surface area contributed by atoms with Crippen molar-refractivity contribution in [2.75, 3.05) is 21.3 Å². The molecule has 136 valence electrons. The summed E-state index contributed by atoms with van der Waals surface area (Å²) in [6.07, 6.45) is 8.22. The highest BCUT2D eigenvalue weighted by atomic mass is 16.5. The van der Waals surface area contributed by atoms with Gasteiger partial charge in [0.05, 0.1) is 21.3 Å². The van der Waals surface area contributed by atoms with Crippen LogP contribution in [0, 0.1) is 0 Å². The predicted octanol–water partition coefficient (Wildman–Crippen LogP) is 5.07. The van der Waals surface area contributed by atoms with Crippen LogP contribution in [-0.2, 0) is 0 Å². The van der Waals surface area contributed by atoms with Crippen LogP contribution in [0.5, 0.6) is 23.0 Å². The number of rotatable bonds is 5. The molecule has 1 heterocycles. The Morgan fingerprint density at radius 2 is 1.50 bits per heavy atom. The van der Waals surface area contributed by atoms with Gasteiger partial charge in [0.1, 0.15) is 11.4 Å². The van der Waals surface area contributed by atoms with Gasteiger partial charge in [0.25, 0.3) is 0 Å². The second kappa shape index (κ2) is 7.16. The molecule has 0 unspecified atom stereocenters. The molecule has 0 bridgehead atoms. The fraction of sp³-hybridized carbons (Fsp3) is 0.273. The van der Waals surface area contributed by atoms with Crippen LogP contribution in [0.25, 0.3) is 18.2 Å². The third kappa shape index (κ3) is 3.69. The maximum absolute atomic E-state index is 6.04. The Labute approximate surface area is 154 Å². The van der Waals surface area contributed by atoms with Crippen molar-refractivity contribution in [2.24, 2.45) is 0 Å². The van der Waals surface area contributed by atoms with Gasteiger partial charge in [-0.15, -0.1) is 0 Å². The van der Waals surface area contributed by atoms with E-state index in [2.05, 4.69) is 30.4 Å². The molecule has 0 N–H and O–H groups in total. The van der Waals surface area contributed by atoms with Gasteiger partial charge in [-0.25, -0.2) is 0 Å². The van der Waals surface area contributed by atoms with Crippen LogP contribution in [0.2, 0.25) is 0 Å². The van der Waals surface area contributed by atoms with E-state index in [-0.39, 0.29) is 5.60 Å². The van der Waals surface area contributed by atoms with Crippen LogP contribution in [0.1, 0.15) is 30.5 Å². The molecule has 0 saturated carbocycles. The fourth-order valence-corrected chi connectivity index (χ4v) is 2.88. The van der Waals surface area contributed by atoms with Crippen molar-refractivity contribution in [2.45, 2.75) is 19.4 Å². The Bertz CT molecular complexity index is 837. The number of methoxy groups -OCH3 is 3. The van der Waals surface area contributed by atoms with E-state index in [0.717, 1.165) is 22.4 Å². The lowest BCUT2D eigenvalue weighted by molar-refractivity contribution is 0.159. The summed E-state index contributed by atoms with van der Waals surface area (Å²) < 4.78 is 22.2. The van der Waals surface area contributed by atoms with Crippen molar-refractivity contribution >= 4 is 18.2 Å². The summed E-state index contributed by atoms with van der Waals surface area (Å²) in [5.74, 6) is 2.74. The highest BCUT2D eigenvalue weighted by molar-refractivity contribution is 5.74. The Morgan fingerprint density at radius 1 is 0.846 bits per heavy atom. The molecule has 4 heteroatoms. The summed E-state index contributed by atoms with van der Waals surface area (Å²) in [6, 6.07) is 10.0. The molecule has 0 aromatic heterocycles. The van der Waals surface area contributed by atoms with Gasteiger partial charge in [-0.2, -0.15) is 0 Å². The highest BCUT2D eigenvalue weighted by Gasteiger charge is 2.21. The Morgan fingerprint density at radius 3 is 2.12 bits per heavy atom. The van der Waals surface area contributed by atoms with Crippen LogP contribution in [0.4, 0.5) is 0 Å². The van der Waals surface area contributed by atoms with Crippen LogP contribution in [0.15, 0.2) is 36.4 Å². The second-order valence-corrected chi connectivity index (χ2v) is 6.63. The normalized spacial score (nSPS) is 14.7. The molecule has 1 aliphatic rings. The monoisotopic (exact) mass is 352 g/mol. The summed E-state index contributed by atoms with van der Waals surface area (Å²) in [5.41, 5.74) is 2.82. The average Bonchev–Trinajstić information content (AvgIpc) is 2.64. The quantitative estimate of drug-likeness (QED) is 0.704. The van der Waals surface area contributed by atoms with Crippen LogP contribution in [-0.4, -0.2) is 26.9 Å². The van der Waals surface area contributed by atoms with Crippen molar-refractivity contribution in [3.8, 4) is 23.0 Å². The highest BCUT2D eigenvalue weighted by Crippen LogP contribution is 2.39. The van der Waals surface area contributed by atoms with Gasteiger partial charge in [-0.1, -0.05) is 30.4 Å². The standard InChI is InChI=1S/C22H24O4/c1-22(2)11-10-17-9-8-15(12-18(17)26-22)6-7-16-13-19(23-3)21(25-5)20(14-16)24-4/h6-14H,1-5H3. The minimum Gasteiger partial charge on any atom is -0.493 e. The Balaban J connectivity index is 1.90. The third-order valence-electron chi connectivity index (χ3n) is 4.23. The van der Waals surface area contributed by atoms with E-state index in [1.807, 2.05) is 38.1 Å². The van der Waals surface area contributed by atoms with Crippen molar-refractivity contribution in [3.05, 3.63) is 53.1 Å². The van der Waals surface area contributed by atoms with Gasteiger partial charge in [0, 0.05) is 5.56 Å². The number of fused-ring (bicyclic) bond motifs is 1. The SMILES string of the molecule is COc1cc(C=Cc2ccc3c(c2)OC(C)(C)C=C3)cc(OC)c1OC. The molecule has 0 amide bonds. The number of benzene rings is 2. The summed E-state index contributed by atoms with van der Waals surface area (Å²) in [6.45, 7) is 4.09. The molecule has 0 saturated heterocycles. The van der Waals surface area contributed by atoms with Gasteiger partial charge >= 0.3 is 0 Å². The second-order valence-electron chi connectivity index (χ2n) is 6.63. The maximum Gasteiger partial charge on any atom is 0.203 e. The van der Waals surface area contributed by atoms with E-state index in [9.17, 15) is 0 Å². The van der Waals surface area contributed by atoms with E-state index >= 15 is 0 Å². The zero-order valence-electron chi connectivity index (χ0n) is 15.8. The predicted molar refractivity (Wildman–Crippen MR) is 105 cm³/mol. The van der Waals surface area contributed by atoms with Crippen LogP contribution in [0.3, 0.4) is 0 Å². The molecule has 0 spiro atoms. The zero-order chi connectivity index (χ0) is 18.7. The number of hydrogen-bond donors (Lipinski definition) is 0. The van der Waals surface area contributed by atoms with E-state index in [4.69, 9.17) is 18.9 Å². The van der Waals surface area contributed by atoms with Crippen LogP contribution >= 0.6 is 0 Å². The molecule has 0 atom stereocenters. The Hall–Kier alpha value is -2.88. The Kier molecular flexibility index (Phi) is 4.94. The molecule has 4 nitrogen and oxygen atoms in total. The van der Waals surface area contributed by atoms with Crippen LogP contribution < -0.4 is 18.9 Å². The van der Waals surface area contributed by atoms with Crippen molar-refractivity contribution in [3.63, 3.8) is 0 Å². The first-order valence-electron chi connectivity index (χ1n) is 8.46. The summed E-state index contributed by atoms with van der Waals surface area (Å²) >= 11 is 0. The maximum atomic E-state index is 6.04. The first-order valence-corrected chi connectivity index (χ1v) is 8.46. The minimum absolute atomic E-state index is 0.286. The first kappa shape index (κ1) is 17.9. The molecule has 3 rings (SSSR count). The van der Waals surface area contributed by atoms with E-state index in [1.165, 1.54) is 0 Å². The van der Waals surface area contributed by atoms with Crippen molar-refractivity contribution < 1.29 is 18.9 Å². The lowest BCUT2D eigenvalue weighted by Gasteiger charge is -2.27. The smallest absolute Gasteiger partial charge is 0.203 e. The number of hydrogen-bond acceptors (Lipinski definition) is 4. The molecule has 1 aliphatic heterocycles. The first-order chi connectivity index (χ1) is 12.5. The lowest BCUT2D eigenvalue weighted by atomic mass is 10.0. The molecular weight excluding hydrogens is 328 g/mol. The third-order valence-corrected chi connectivity index (χ3v) is 4.23. The molecule has 2 aromatic rings. The largest absolute Gasteiger partial charge is 0.493 e. The zero-order valence-corrected chi connectivity index (χ0v) is 15.8. The molecule has 2 aromatic carbocycles. The summed E-state index contributed by atoms with van der Waals surface area (Å²) in [5, 5.41) is 0. The van der Waals surface area contributed by atoms with Gasteiger partial charge in [-0.05, 0) is 49.2 Å². The van der Waals surface area contributed by atoms with E-state index in [0.29, 0.717) is 17.2 Å². The average molecular weight is 352 g/mol. The molecule has 0 radical (unpaired) electrons. The lowest BCUT2D eigenvalue weighted by Crippen LogP contribution is -2.27. The topological polar surface area (TPSA) is 36.9 Å². The molecule has 0 fully saturated rings.